The number of hydrogen-bond acceptors (Lipinski definition) is 5. The highest BCUT2D eigenvalue weighted by molar-refractivity contribution is 6.03. The molecule has 2 N–H and O–H groups in total. The Morgan fingerprint density at radius 3 is 2.56 bits per heavy atom. The Morgan fingerprint density at radius 1 is 1.07 bits per heavy atom. The van der Waals surface area contributed by atoms with Gasteiger partial charge < -0.3 is 10.6 Å². The van der Waals surface area contributed by atoms with Gasteiger partial charge >= 0.3 is 0 Å². The monoisotopic (exact) mass is 357 g/mol. The first-order chi connectivity index (χ1) is 13.1. The van der Waals surface area contributed by atoms with E-state index in [9.17, 15) is 4.79 Å². The third-order valence-corrected chi connectivity index (χ3v) is 3.95. The molecular formula is C21H19N5O. The molecule has 0 saturated heterocycles. The average Bonchev–Trinajstić information content (AvgIpc) is 2.68. The number of nitrogens with zero attached hydrogens (tertiary/aromatic N) is 3. The zero-order valence-corrected chi connectivity index (χ0v) is 15.2. The summed E-state index contributed by atoms with van der Waals surface area (Å²) >= 11 is 0. The summed E-state index contributed by atoms with van der Waals surface area (Å²) in [4.78, 5) is 21.1. The van der Waals surface area contributed by atoms with Crippen molar-refractivity contribution in [3.63, 3.8) is 0 Å². The van der Waals surface area contributed by atoms with Crippen molar-refractivity contribution < 1.29 is 4.79 Å². The molecule has 0 aliphatic carbocycles. The summed E-state index contributed by atoms with van der Waals surface area (Å²) in [6.07, 6.45) is 0.976. The molecule has 3 aromatic rings. The van der Waals surface area contributed by atoms with Gasteiger partial charge in [-0.1, -0.05) is 25.1 Å². The van der Waals surface area contributed by atoms with Crippen LogP contribution in [-0.2, 0) is 6.42 Å². The Morgan fingerprint density at radius 2 is 1.85 bits per heavy atom. The van der Waals surface area contributed by atoms with E-state index < -0.39 is 0 Å². The van der Waals surface area contributed by atoms with Gasteiger partial charge in [0.05, 0.1) is 11.6 Å². The van der Waals surface area contributed by atoms with E-state index in [2.05, 4.69) is 27.5 Å². The van der Waals surface area contributed by atoms with E-state index >= 15 is 0 Å². The van der Waals surface area contributed by atoms with Crippen molar-refractivity contribution >= 4 is 23.1 Å². The Kier molecular flexibility index (Phi) is 5.43. The van der Waals surface area contributed by atoms with Crippen molar-refractivity contribution in [3.05, 3.63) is 77.2 Å². The number of amides is 1. The van der Waals surface area contributed by atoms with Crippen LogP contribution in [-0.4, -0.2) is 15.9 Å². The standard InChI is InChI=1S/C21H19N5O/c1-3-15-7-9-17(10-8-15)25-20-12-19(23-14(2)24-20)21(27)26-18-6-4-5-16(11-18)13-22/h4-12H,3H2,1-2H3,(H,26,27)(H,23,24,25). The number of rotatable bonds is 5. The van der Waals surface area contributed by atoms with Crippen LogP contribution < -0.4 is 10.6 Å². The van der Waals surface area contributed by atoms with Gasteiger partial charge in [0.1, 0.15) is 17.3 Å². The highest BCUT2D eigenvalue weighted by Gasteiger charge is 2.11. The molecule has 134 valence electrons. The molecule has 0 aliphatic rings. The molecular weight excluding hydrogens is 338 g/mol. The van der Waals surface area contributed by atoms with E-state index in [4.69, 9.17) is 5.26 Å². The molecule has 1 heterocycles. The molecule has 0 fully saturated rings. The van der Waals surface area contributed by atoms with Gasteiger partial charge in [-0.3, -0.25) is 4.79 Å². The SMILES string of the molecule is CCc1ccc(Nc2cc(C(=O)Nc3cccc(C#N)c3)nc(C)n2)cc1. The van der Waals surface area contributed by atoms with Crippen molar-refractivity contribution in [3.8, 4) is 6.07 Å². The van der Waals surface area contributed by atoms with Gasteiger partial charge in [0.15, 0.2) is 0 Å². The maximum Gasteiger partial charge on any atom is 0.274 e. The number of nitrogens with one attached hydrogen (secondary N) is 2. The van der Waals surface area contributed by atoms with E-state index in [0.29, 0.717) is 22.9 Å². The molecule has 1 aromatic heterocycles. The van der Waals surface area contributed by atoms with Crippen LogP contribution in [0.2, 0.25) is 0 Å². The number of benzene rings is 2. The van der Waals surface area contributed by atoms with Gasteiger partial charge in [-0.15, -0.1) is 0 Å². The molecule has 2 aromatic carbocycles. The number of aromatic nitrogens is 2. The fourth-order valence-electron chi connectivity index (χ4n) is 2.58. The Balaban J connectivity index is 1.79. The first kappa shape index (κ1) is 18.1. The summed E-state index contributed by atoms with van der Waals surface area (Å²) in [5.41, 5.74) is 3.40. The Bertz CT molecular complexity index is 1010. The number of carbonyl (C=O) groups excluding carboxylic acids is 1. The average molecular weight is 357 g/mol. The van der Waals surface area contributed by atoms with Crippen LogP contribution in [0.3, 0.4) is 0 Å². The van der Waals surface area contributed by atoms with Gasteiger partial charge in [-0.05, 0) is 49.2 Å². The highest BCUT2D eigenvalue weighted by atomic mass is 16.1. The molecule has 1 amide bonds. The molecule has 0 bridgehead atoms. The third kappa shape index (κ3) is 4.67. The normalized spacial score (nSPS) is 10.1. The lowest BCUT2D eigenvalue weighted by Crippen LogP contribution is -2.15. The molecule has 6 nitrogen and oxygen atoms in total. The molecule has 0 spiro atoms. The largest absolute Gasteiger partial charge is 0.340 e. The molecule has 3 rings (SSSR count). The van der Waals surface area contributed by atoms with Crippen LogP contribution in [0.15, 0.2) is 54.6 Å². The third-order valence-electron chi connectivity index (χ3n) is 3.95. The van der Waals surface area contributed by atoms with Crippen molar-refractivity contribution in [2.24, 2.45) is 0 Å². The Labute approximate surface area is 157 Å². The number of nitriles is 1. The second kappa shape index (κ2) is 8.11. The lowest BCUT2D eigenvalue weighted by molar-refractivity contribution is 0.102. The van der Waals surface area contributed by atoms with Crippen LogP contribution in [0.25, 0.3) is 0 Å². The summed E-state index contributed by atoms with van der Waals surface area (Å²) in [6, 6.07) is 18.4. The quantitative estimate of drug-likeness (QED) is 0.713. The van der Waals surface area contributed by atoms with Gasteiger partial charge in [0, 0.05) is 17.4 Å². The van der Waals surface area contributed by atoms with E-state index in [0.717, 1.165) is 12.1 Å². The van der Waals surface area contributed by atoms with Crippen molar-refractivity contribution in [1.82, 2.24) is 9.97 Å². The van der Waals surface area contributed by atoms with Crippen molar-refractivity contribution in [1.29, 1.82) is 5.26 Å². The predicted molar refractivity (Wildman–Crippen MR) is 105 cm³/mol. The summed E-state index contributed by atoms with van der Waals surface area (Å²) in [5, 5.41) is 14.9. The molecule has 0 aliphatic heterocycles. The molecule has 6 heteroatoms. The zero-order valence-electron chi connectivity index (χ0n) is 15.2. The number of hydrogen-bond donors (Lipinski definition) is 2. The molecule has 0 radical (unpaired) electrons. The summed E-state index contributed by atoms with van der Waals surface area (Å²) in [5.74, 6) is 0.670. The minimum absolute atomic E-state index is 0.248. The lowest BCUT2D eigenvalue weighted by Gasteiger charge is -2.10. The molecule has 0 unspecified atom stereocenters. The van der Waals surface area contributed by atoms with E-state index in [1.54, 1.807) is 37.3 Å². The van der Waals surface area contributed by atoms with E-state index in [-0.39, 0.29) is 11.6 Å². The minimum atomic E-state index is -0.361. The van der Waals surface area contributed by atoms with Crippen LogP contribution >= 0.6 is 0 Å². The first-order valence-corrected chi connectivity index (χ1v) is 8.60. The van der Waals surface area contributed by atoms with Gasteiger partial charge in [-0.2, -0.15) is 5.26 Å². The van der Waals surface area contributed by atoms with Crippen LogP contribution in [0.5, 0.6) is 0 Å². The number of anilines is 3. The smallest absolute Gasteiger partial charge is 0.274 e. The summed E-state index contributed by atoms with van der Waals surface area (Å²) in [6.45, 7) is 3.84. The van der Waals surface area contributed by atoms with Crippen molar-refractivity contribution in [2.45, 2.75) is 20.3 Å². The fourth-order valence-corrected chi connectivity index (χ4v) is 2.58. The summed E-state index contributed by atoms with van der Waals surface area (Å²) in [7, 11) is 0. The fraction of sp³-hybridized carbons (Fsp3) is 0.143. The number of carbonyl (C=O) groups is 1. The van der Waals surface area contributed by atoms with Crippen LogP contribution in [0, 0.1) is 18.3 Å². The lowest BCUT2D eigenvalue weighted by atomic mass is 10.1. The van der Waals surface area contributed by atoms with Crippen LogP contribution in [0.1, 0.15) is 34.4 Å². The minimum Gasteiger partial charge on any atom is -0.340 e. The number of aryl methyl sites for hydroxylation is 2. The van der Waals surface area contributed by atoms with Gasteiger partial charge in [-0.25, -0.2) is 9.97 Å². The van der Waals surface area contributed by atoms with Crippen LogP contribution in [0.4, 0.5) is 17.2 Å². The van der Waals surface area contributed by atoms with E-state index in [1.165, 1.54) is 5.56 Å². The Hall–Kier alpha value is -3.72. The topological polar surface area (TPSA) is 90.7 Å². The highest BCUT2D eigenvalue weighted by Crippen LogP contribution is 2.18. The molecule has 0 saturated carbocycles. The predicted octanol–water partition coefficient (Wildman–Crippen LogP) is 4.22. The second-order valence-electron chi connectivity index (χ2n) is 6.01. The first-order valence-electron chi connectivity index (χ1n) is 8.60. The molecule has 0 atom stereocenters. The van der Waals surface area contributed by atoms with Gasteiger partial charge in [0.2, 0.25) is 0 Å². The molecule has 27 heavy (non-hydrogen) atoms. The zero-order chi connectivity index (χ0) is 19.2. The van der Waals surface area contributed by atoms with Crippen molar-refractivity contribution in [2.75, 3.05) is 10.6 Å². The maximum atomic E-state index is 12.5. The second-order valence-corrected chi connectivity index (χ2v) is 6.01. The van der Waals surface area contributed by atoms with E-state index in [1.807, 2.05) is 30.3 Å². The summed E-state index contributed by atoms with van der Waals surface area (Å²) < 4.78 is 0. The van der Waals surface area contributed by atoms with Gasteiger partial charge in [0.25, 0.3) is 5.91 Å². The maximum absolute atomic E-state index is 12.5.